The zero-order valence-corrected chi connectivity index (χ0v) is 10.1. The van der Waals surface area contributed by atoms with Crippen molar-refractivity contribution in [3.05, 3.63) is 34.1 Å². The lowest BCUT2D eigenvalue weighted by molar-refractivity contribution is 0.0449. The maximum absolute atomic E-state index is 12.9. The molecule has 0 heterocycles. The van der Waals surface area contributed by atoms with E-state index in [-0.39, 0.29) is 17.8 Å². The summed E-state index contributed by atoms with van der Waals surface area (Å²) in [6.45, 7) is 0.233. The van der Waals surface area contributed by atoms with Gasteiger partial charge in [0.1, 0.15) is 5.82 Å². The molecule has 0 aromatic heterocycles. The predicted molar refractivity (Wildman–Crippen MR) is 61.2 cm³/mol. The van der Waals surface area contributed by atoms with Crippen LogP contribution < -0.4 is 0 Å². The number of rotatable bonds is 3. The van der Waals surface area contributed by atoms with Crippen molar-refractivity contribution in [3.8, 4) is 0 Å². The minimum atomic E-state index is -0.225. The van der Waals surface area contributed by atoms with Crippen molar-refractivity contribution in [1.82, 2.24) is 0 Å². The molecular weight excluding hydrogens is 259 g/mol. The van der Waals surface area contributed by atoms with Crippen molar-refractivity contribution in [2.24, 2.45) is 5.41 Å². The molecule has 2 rings (SSSR count). The Morgan fingerprint density at radius 1 is 1.40 bits per heavy atom. The number of hydrogen-bond acceptors (Lipinski definition) is 1. The largest absolute Gasteiger partial charge is 0.396 e. The third-order valence-electron chi connectivity index (χ3n) is 3.33. The predicted octanol–water partition coefficient (Wildman–Crippen LogP) is 3.29. The van der Waals surface area contributed by atoms with Gasteiger partial charge >= 0.3 is 0 Å². The Kier molecular flexibility index (Phi) is 3.12. The van der Waals surface area contributed by atoms with Crippen molar-refractivity contribution in [2.45, 2.75) is 25.7 Å². The average molecular weight is 273 g/mol. The molecule has 1 aliphatic carbocycles. The number of halogens is 2. The summed E-state index contributed by atoms with van der Waals surface area (Å²) in [6.07, 6.45) is 4.18. The number of benzene rings is 1. The molecule has 82 valence electrons. The van der Waals surface area contributed by atoms with E-state index in [4.69, 9.17) is 0 Å². The van der Waals surface area contributed by atoms with E-state index >= 15 is 0 Å². The van der Waals surface area contributed by atoms with Crippen molar-refractivity contribution < 1.29 is 9.50 Å². The van der Waals surface area contributed by atoms with Gasteiger partial charge in [-0.2, -0.15) is 0 Å². The fourth-order valence-electron chi connectivity index (χ4n) is 2.14. The Morgan fingerprint density at radius 3 is 2.60 bits per heavy atom. The van der Waals surface area contributed by atoms with Gasteiger partial charge in [0.15, 0.2) is 0 Å². The van der Waals surface area contributed by atoms with E-state index in [1.807, 2.05) is 0 Å². The smallest absolute Gasteiger partial charge is 0.124 e. The second-order valence-electron chi connectivity index (χ2n) is 4.42. The van der Waals surface area contributed by atoms with E-state index < -0.39 is 0 Å². The van der Waals surface area contributed by atoms with Crippen LogP contribution in [0.1, 0.15) is 24.8 Å². The summed E-state index contributed by atoms with van der Waals surface area (Å²) in [6, 6.07) is 4.76. The first-order chi connectivity index (χ1) is 7.15. The van der Waals surface area contributed by atoms with Crippen molar-refractivity contribution in [1.29, 1.82) is 0 Å². The summed E-state index contributed by atoms with van der Waals surface area (Å²) in [5.41, 5.74) is 1.14. The Hall–Kier alpha value is -0.410. The lowest BCUT2D eigenvalue weighted by Gasteiger charge is -2.40. The fraction of sp³-hybridized carbons (Fsp3) is 0.500. The minimum Gasteiger partial charge on any atom is -0.396 e. The van der Waals surface area contributed by atoms with Crippen LogP contribution in [-0.4, -0.2) is 11.7 Å². The molecular formula is C12H14BrFO. The quantitative estimate of drug-likeness (QED) is 0.896. The zero-order valence-electron chi connectivity index (χ0n) is 8.47. The van der Waals surface area contributed by atoms with Crippen LogP contribution in [0.15, 0.2) is 22.7 Å². The molecule has 1 aliphatic rings. The minimum absolute atomic E-state index is 0.0559. The summed E-state index contributed by atoms with van der Waals surface area (Å²) in [7, 11) is 0. The number of aliphatic hydroxyl groups is 1. The Bertz CT molecular complexity index is 355. The highest BCUT2D eigenvalue weighted by atomic mass is 79.9. The van der Waals surface area contributed by atoms with Gasteiger partial charge in [0.25, 0.3) is 0 Å². The third kappa shape index (κ3) is 2.23. The fourth-order valence-corrected chi connectivity index (χ4v) is 2.63. The van der Waals surface area contributed by atoms with Crippen LogP contribution in [-0.2, 0) is 6.42 Å². The molecule has 0 amide bonds. The molecule has 0 saturated heterocycles. The molecule has 1 aromatic carbocycles. The summed E-state index contributed by atoms with van der Waals surface area (Å²) in [4.78, 5) is 0. The first kappa shape index (κ1) is 11.1. The Balaban J connectivity index is 2.16. The molecule has 0 radical (unpaired) electrons. The maximum atomic E-state index is 12.9. The maximum Gasteiger partial charge on any atom is 0.124 e. The SMILES string of the molecule is OCC1(Cc2ccc(F)cc2Br)CCC1. The van der Waals surface area contributed by atoms with E-state index in [2.05, 4.69) is 15.9 Å². The molecule has 1 N–H and O–H groups in total. The molecule has 0 aliphatic heterocycles. The third-order valence-corrected chi connectivity index (χ3v) is 4.07. The van der Waals surface area contributed by atoms with Crippen LogP contribution in [0.2, 0.25) is 0 Å². The highest BCUT2D eigenvalue weighted by Gasteiger charge is 2.36. The summed E-state index contributed by atoms with van der Waals surface area (Å²) < 4.78 is 13.7. The lowest BCUT2D eigenvalue weighted by Crippen LogP contribution is -2.35. The highest BCUT2D eigenvalue weighted by molar-refractivity contribution is 9.10. The van der Waals surface area contributed by atoms with E-state index in [9.17, 15) is 9.50 Å². The van der Waals surface area contributed by atoms with Gasteiger partial charge in [0.05, 0.1) is 0 Å². The van der Waals surface area contributed by atoms with Gasteiger partial charge in [-0.25, -0.2) is 4.39 Å². The van der Waals surface area contributed by atoms with Crippen LogP contribution in [0.3, 0.4) is 0 Å². The molecule has 0 atom stereocenters. The Morgan fingerprint density at radius 2 is 2.13 bits per heavy atom. The van der Waals surface area contributed by atoms with E-state index in [0.29, 0.717) is 0 Å². The van der Waals surface area contributed by atoms with E-state index in [0.717, 1.165) is 29.3 Å². The van der Waals surface area contributed by atoms with Gasteiger partial charge < -0.3 is 5.11 Å². The number of hydrogen-bond donors (Lipinski definition) is 1. The first-order valence-electron chi connectivity index (χ1n) is 5.20. The molecule has 0 spiro atoms. The average Bonchev–Trinajstić information content (AvgIpc) is 2.14. The first-order valence-corrected chi connectivity index (χ1v) is 5.99. The van der Waals surface area contributed by atoms with Crippen molar-refractivity contribution >= 4 is 15.9 Å². The highest BCUT2D eigenvalue weighted by Crippen LogP contribution is 2.44. The van der Waals surface area contributed by atoms with Gasteiger partial charge in [-0.3, -0.25) is 0 Å². The molecule has 0 bridgehead atoms. The normalized spacial score (nSPS) is 18.6. The zero-order chi connectivity index (χ0) is 10.9. The topological polar surface area (TPSA) is 20.2 Å². The van der Waals surface area contributed by atoms with E-state index in [1.165, 1.54) is 18.6 Å². The van der Waals surface area contributed by atoms with Crippen molar-refractivity contribution in [3.63, 3.8) is 0 Å². The molecule has 1 aromatic rings. The van der Waals surface area contributed by atoms with Crippen LogP contribution in [0.5, 0.6) is 0 Å². The monoisotopic (exact) mass is 272 g/mol. The van der Waals surface area contributed by atoms with Crippen molar-refractivity contribution in [2.75, 3.05) is 6.61 Å². The lowest BCUT2D eigenvalue weighted by atomic mass is 9.66. The summed E-state index contributed by atoms with van der Waals surface area (Å²) >= 11 is 3.36. The van der Waals surface area contributed by atoms with Crippen LogP contribution in [0.25, 0.3) is 0 Å². The summed E-state index contributed by atoms with van der Waals surface area (Å²) in [5, 5.41) is 9.35. The van der Waals surface area contributed by atoms with Gasteiger partial charge in [0, 0.05) is 11.1 Å². The van der Waals surface area contributed by atoms with Gasteiger partial charge in [0.2, 0.25) is 0 Å². The Labute approximate surface area is 97.4 Å². The van der Waals surface area contributed by atoms with Gasteiger partial charge in [-0.1, -0.05) is 28.4 Å². The van der Waals surface area contributed by atoms with Gasteiger partial charge in [-0.15, -0.1) is 0 Å². The molecule has 1 nitrogen and oxygen atoms in total. The van der Waals surface area contributed by atoms with Crippen LogP contribution in [0.4, 0.5) is 4.39 Å². The molecule has 3 heteroatoms. The molecule has 1 fully saturated rings. The van der Waals surface area contributed by atoms with E-state index in [1.54, 1.807) is 6.07 Å². The molecule has 1 saturated carbocycles. The summed E-state index contributed by atoms with van der Waals surface area (Å²) in [5.74, 6) is -0.225. The second kappa shape index (κ2) is 4.22. The van der Waals surface area contributed by atoms with Crippen LogP contribution >= 0.6 is 15.9 Å². The standard InChI is InChI=1S/C12H14BrFO/c13-11-6-10(14)3-2-9(11)7-12(8-15)4-1-5-12/h2-3,6,15H,1,4-5,7-8H2. The van der Waals surface area contributed by atoms with Gasteiger partial charge in [-0.05, 0) is 42.4 Å². The van der Waals surface area contributed by atoms with Crippen LogP contribution in [0, 0.1) is 11.2 Å². The molecule has 0 unspecified atom stereocenters. The number of aliphatic hydroxyl groups excluding tert-OH is 1. The molecule has 15 heavy (non-hydrogen) atoms. The second-order valence-corrected chi connectivity index (χ2v) is 5.28.